The zero-order valence-corrected chi connectivity index (χ0v) is 13.7. The summed E-state index contributed by atoms with van der Waals surface area (Å²) in [5.74, 6) is 2.22. The van der Waals surface area contributed by atoms with Gasteiger partial charge in [0.05, 0.1) is 11.3 Å². The molecule has 0 aromatic heterocycles. The lowest BCUT2D eigenvalue weighted by atomic mass is 9.78. The van der Waals surface area contributed by atoms with Gasteiger partial charge in [0.15, 0.2) is 0 Å². The van der Waals surface area contributed by atoms with E-state index in [-0.39, 0.29) is 5.54 Å². The van der Waals surface area contributed by atoms with E-state index in [1.807, 2.05) is 0 Å². The average molecular weight is 301 g/mol. The Bertz CT molecular complexity index is 770. The van der Waals surface area contributed by atoms with Gasteiger partial charge in [-0.2, -0.15) is 0 Å². The van der Waals surface area contributed by atoms with Gasteiger partial charge in [0.1, 0.15) is 0 Å². The van der Waals surface area contributed by atoms with Crippen molar-refractivity contribution in [2.24, 2.45) is 16.8 Å². The third-order valence-electron chi connectivity index (χ3n) is 6.39. The van der Waals surface area contributed by atoms with Crippen LogP contribution in [0.3, 0.4) is 0 Å². The van der Waals surface area contributed by atoms with Crippen LogP contribution in [0.1, 0.15) is 55.2 Å². The number of benzene rings is 2. The maximum Gasteiger partial charge on any atom is 0.0728 e. The molecule has 0 N–H and O–H groups in total. The Morgan fingerprint density at radius 1 is 0.913 bits per heavy atom. The van der Waals surface area contributed by atoms with Crippen molar-refractivity contribution in [3.63, 3.8) is 0 Å². The van der Waals surface area contributed by atoms with Gasteiger partial charge in [-0.15, -0.1) is 0 Å². The van der Waals surface area contributed by atoms with Crippen LogP contribution in [0.15, 0.2) is 59.6 Å². The second kappa shape index (κ2) is 4.80. The molecule has 1 heterocycles. The third kappa shape index (κ3) is 1.95. The van der Waals surface area contributed by atoms with E-state index in [1.54, 1.807) is 5.56 Å². The molecule has 1 heteroatoms. The normalized spacial score (nSPS) is 30.3. The van der Waals surface area contributed by atoms with Crippen molar-refractivity contribution in [2.45, 2.75) is 44.1 Å². The fraction of sp³-hybridized carbons (Fsp3) is 0.409. The van der Waals surface area contributed by atoms with E-state index in [0.717, 1.165) is 11.8 Å². The van der Waals surface area contributed by atoms with Crippen molar-refractivity contribution in [2.75, 3.05) is 0 Å². The molecule has 3 aliphatic rings. The Morgan fingerprint density at radius 2 is 1.65 bits per heavy atom. The Kier molecular flexibility index (Phi) is 2.83. The fourth-order valence-electron chi connectivity index (χ4n) is 5.12. The highest BCUT2D eigenvalue weighted by molar-refractivity contribution is 6.14. The van der Waals surface area contributed by atoms with Crippen molar-refractivity contribution in [3.8, 4) is 0 Å². The van der Waals surface area contributed by atoms with Gasteiger partial charge in [-0.3, -0.25) is 4.99 Å². The van der Waals surface area contributed by atoms with E-state index >= 15 is 0 Å². The molecule has 0 bridgehead atoms. The number of nitrogens with zero attached hydrogens (tertiary/aromatic N) is 1. The molecule has 1 spiro atoms. The molecule has 2 aromatic carbocycles. The molecule has 1 aliphatic heterocycles. The summed E-state index contributed by atoms with van der Waals surface area (Å²) in [6, 6.07) is 19.9. The van der Waals surface area contributed by atoms with Crippen molar-refractivity contribution in [1.29, 1.82) is 0 Å². The smallest absolute Gasteiger partial charge is 0.0728 e. The summed E-state index contributed by atoms with van der Waals surface area (Å²) >= 11 is 0. The minimum atomic E-state index is 0.236. The summed E-state index contributed by atoms with van der Waals surface area (Å²) in [6.45, 7) is 2.45. The summed E-state index contributed by atoms with van der Waals surface area (Å²) in [4.78, 5) is 5.42. The second-order valence-electron chi connectivity index (χ2n) is 7.70. The zero-order chi connectivity index (χ0) is 15.4. The van der Waals surface area contributed by atoms with Crippen LogP contribution in [0, 0.1) is 11.8 Å². The molecule has 23 heavy (non-hydrogen) atoms. The molecule has 0 amide bonds. The zero-order valence-electron chi connectivity index (χ0n) is 13.7. The van der Waals surface area contributed by atoms with Crippen LogP contribution < -0.4 is 0 Å². The molecular formula is C22H23N. The first-order valence-corrected chi connectivity index (χ1v) is 9.03. The standard InChI is InChI=1S/C22H23N/c1-15-11-12-19-20(15)17-9-5-6-10-18(17)21(23-22(19)13-14-22)16-7-3-2-4-8-16/h2-10,15,19-20H,11-14H2,1H3. The quantitative estimate of drug-likeness (QED) is 0.686. The van der Waals surface area contributed by atoms with Gasteiger partial charge >= 0.3 is 0 Å². The number of hydrogen-bond donors (Lipinski definition) is 0. The fourth-order valence-corrected chi connectivity index (χ4v) is 5.12. The summed E-state index contributed by atoms with van der Waals surface area (Å²) in [5.41, 5.74) is 5.68. The highest BCUT2D eigenvalue weighted by atomic mass is 15.0. The molecule has 2 aromatic rings. The molecule has 0 saturated heterocycles. The predicted octanol–water partition coefficient (Wildman–Crippen LogP) is 5.20. The Hall–Kier alpha value is -1.89. The lowest BCUT2D eigenvalue weighted by Gasteiger charge is -2.27. The van der Waals surface area contributed by atoms with Crippen LogP contribution in [0.25, 0.3) is 0 Å². The maximum absolute atomic E-state index is 5.42. The molecule has 5 rings (SSSR count). The summed E-state index contributed by atoms with van der Waals surface area (Å²) in [6.07, 6.45) is 5.28. The van der Waals surface area contributed by atoms with E-state index in [4.69, 9.17) is 4.99 Å². The molecule has 1 nitrogen and oxygen atoms in total. The highest BCUT2D eigenvalue weighted by Gasteiger charge is 2.57. The van der Waals surface area contributed by atoms with Crippen LogP contribution >= 0.6 is 0 Å². The van der Waals surface area contributed by atoms with Gasteiger partial charge in [-0.25, -0.2) is 0 Å². The first kappa shape index (κ1) is 13.5. The third-order valence-corrected chi connectivity index (χ3v) is 6.39. The summed E-state index contributed by atoms with van der Waals surface area (Å²) in [7, 11) is 0. The van der Waals surface area contributed by atoms with Crippen molar-refractivity contribution in [3.05, 3.63) is 71.3 Å². The van der Waals surface area contributed by atoms with E-state index in [0.29, 0.717) is 5.92 Å². The number of rotatable bonds is 1. The van der Waals surface area contributed by atoms with Crippen LogP contribution in [0.5, 0.6) is 0 Å². The lowest BCUT2D eigenvalue weighted by molar-refractivity contribution is 0.355. The molecule has 116 valence electrons. The highest BCUT2D eigenvalue weighted by Crippen LogP contribution is 2.60. The maximum atomic E-state index is 5.42. The van der Waals surface area contributed by atoms with E-state index in [9.17, 15) is 0 Å². The van der Waals surface area contributed by atoms with Gasteiger partial charge in [0, 0.05) is 11.1 Å². The minimum Gasteiger partial charge on any atom is -0.277 e. The second-order valence-corrected chi connectivity index (χ2v) is 7.70. The lowest BCUT2D eigenvalue weighted by Crippen LogP contribution is -2.23. The molecule has 3 atom stereocenters. The molecule has 2 fully saturated rings. The van der Waals surface area contributed by atoms with Gasteiger partial charge < -0.3 is 0 Å². The van der Waals surface area contributed by atoms with Crippen molar-refractivity contribution >= 4 is 5.71 Å². The SMILES string of the molecule is CC1CCC2C1c1ccccc1C(c1ccccc1)=NC21CC1. The number of hydrogen-bond acceptors (Lipinski definition) is 1. The van der Waals surface area contributed by atoms with Gasteiger partial charge in [0.25, 0.3) is 0 Å². The first-order valence-electron chi connectivity index (χ1n) is 9.03. The topological polar surface area (TPSA) is 12.4 Å². The van der Waals surface area contributed by atoms with Crippen LogP contribution in [-0.2, 0) is 0 Å². The van der Waals surface area contributed by atoms with Crippen molar-refractivity contribution < 1.29 is 0 Å². The molecule has 2 saturated carbocycles. The monoisotopic (exact) mass is 301 g/mol. The molecule has 3 unspecified atom stereocenters. The van der Waals surface area contributed by atoms with Crippen LogP contribution in [0.4, 0.5) is 0 Å². The van der Waals surface area contributed by atoms with E-state index in [1.165, 1.54) is 42.5 Å². The Morgan fingerprint density at radius 3 is 2.43 bits per heavy atom. The average Bonchev–Trinajstić information content (AvgIpc) is 3.30. The minimum absolute atomic E-state index is 0.236. The molecule has 2 aliphatic carbocycles. The first-order chi connectivity index (χ1) is 11.3. The molecular weight excluding hydrogens is 278 g/mol. The van der Waals surface area contributed by atoms with E-state index in [2.05, 4.69) is 61.5 Å². The number of aliphatic imine (C=N–C) groups is 1. The van der Waals surface area contributed by atoms with Gasteiger partial charge in [-0.05, 0) is 49.0 Å². The van der Waals surface area contributed by atoms with Gasteiger partial charge in [-0.1, -0.05) is 61.5 Å². The largest absolute Gasteiger partial charge is 0.277 e. The number of fused-ring (bicyclic) bond motifs is 4. The van der Waals surface area contributed by atoms with Crippen molar-refractivity contribution in [1.82, 2.24) is 0 Å². The van der Waals surface area contributed by atoms with Crippen LogP contribution in [0.2, 0.25) is 0 Å². The Balaban J connectivity index is 1.76. The molecule has 0 radical (unpaired) electrons. The predicted molar refractivity (Wildman–Crippen MR) is 95.1 cm³/mol. The summed E-state index contributed by atoms with van der Waals surface area (Å²) in [5, 5.41) is 0. The van der Waals surface area contributed by atoms with Gasteiger partial charge in [0.2, 0.25) is 0 Å². The van der Waals surface area contributed by atoms with E-state index < -0.39 is 0 Å². The van der Waals surface area contributed by atoms with Crippen LogP contribution in [-0.4, -0.2) is 11.3 Å². The summed E-state index contributed by atoms with van der Waals surface area (Å²) < 4.78 is 0. The Labute approximate surface area is 138 Å².